The maximum atomic E-state index is 13.1. The van der Waals surface area contributed by atoms with E-state index in [4.69, 9.17) is 0 Å². The maximum absolute atomic E-state index is 13.1. The number of carbonyl (C=O) groups excluding carboxylic acids is 1. The maximum Gasteiger partial charge on any atom is 0.279 e. The van der Waals surface area contributed by atoms with Crippen molar-refractivity contribution in [3.05, 3.63) is 59.1 Å². The molecule has 1 heterocycles. The molecule has 3 rings (SSSR count). The Morgan fingerprint density at radius 1 is 1.21 bits per heavy atom. The summed E-state index contributed by atoms with van der Waals surface area (Å²) in [5, 5.41) is 3.52. The highest BCUT2D eigenvalue weighted by Gasteiger charge is 2.14. The summed E-state index contributed by atoms with van der Waals surface area (Å²) >= 11 is 1.61. The summed E-state index contributed by atoms with van der Waals surface area (Å²) in [5.41, 5.74) is 1.20. The predicted molar refractivity (Wildman–Crippen MR) is 90.1 cm³/mol. The molecule has 1 amide bonds. The molecule has 0 saturated carbocycles. The molecule has 4 nitrogen and oxygen atoms in total. The molecule has 2 N–H and O–H groups in total. The first-order valence-electron chi connectivity index (χ1n) is 7.42. The summed E-state index contributed by atoms with van der Waals surface area (Å²) < 4.78 is 27.1. The molecule has 0 aliphatic carbocycles. The van der Waals surface area contributed by atoms with Crippen molar-refractivity contribution in [3.8, 4) is 0 Å². The molecule has 0 spiro atoms. The van der Waals surface area contributed by atoms with Crippen LogP contribution in [0.4, 0.5) is 14.5 Å². The van der Waals surface area contributed by atoms with Crippen molar-refractivity contribution in [1.29, 1.82) is 0 Å². The van der Waals surface area contributed by atoms with Gasteiger partial charge in [-0.3, -0.25) is 4.79 Å². The van der Waals surface area contributed by atoms with Crippen LogP contribution in [0.5, 0.6) is 0 Å². The number of hydrogen-bond acceptors (Lipinski definition) is 3. The van der Waals surface area contributed by atoms with E-state index in [0.717, 1.165) is 32.3 Å². The van der Waals surface area contributed by atoms with Gasteiger partial charge in [-0.15, -0.1) is 11.3 Å². The Hall–Kier alpha value is -2.38. The Morgan fingerprint density at radius 3 is 2.75 bits per heavy atom. The average Bonchev–Trinajstić information content (AvgIpc) is 2.92. The van der Waals surface area contributed by atoms with Gasteiger partial charge in [-0.2, -0.15) is 0 Å². The van der Waals surface area contributed by atoms with E-state index >= 15 is 0 Å². The van der Waals surface area contributed by atoms with E-state index in [1.165, 1.54) is 6.07 Å². The molecule has 24 heavy (non-hydrogen) atoms. The lowest BCUT2D eigenvalue weighted by molar-refractivity contribution is -0.885. The molecule has 0 saturated heterocycles. The lowest BCUT2D eigenvalue weighted by atomic mass is 10.3. The largest absolute Gasteiger partial charge is 0.324 e. The summed E-state index contributed by atoms with van der Waals surface area (Å²) in [7, 11) is 1.89. The number of aromatic nitrogens is 1. The van der Waals surface area contributed by atoms with E-state index in [9.17, 15) is 13.6 Å². The van der Waals surface area contributed by atoms with Crippen LogP contribution in [0.3, 0.4) is 0 Å². The molecule has 7 heteroatoms. The van der Waals surface area contributed by atoms with Crippen molar-refractivity contribution in [1.82, 2.24) is 4.98 Å². The number of halogens is 2. The lowest BCUT2D eigenvalue weighted by Crippen LogP contribution is -3.08. The Bertz CT molecular complexity index is 848. The highest BCUT2D eigenvalue weighted by molar-refractivity contribution is 7.18. The molecular weight excluding hydrogens is 332 g/mol. The van der Waals surface area contributed by atoms with Gasteiger partial charge in [-0.25, -0.2) is 13.8 Å². The summed E-state index contributed by atoms with van der Waals surface area (Å²) in [5.74, 6) is -2.19. The number of nitrogens with one attached hydrogen (secondary N) is 2. The minimum atomic E-state index is -0.983. The van der Waals surface area contributed by atoms with Crippen LogP contribution in [-0.2, 0) is 11.3 Å². The highest BCUT2D eigenvalue weighted by Crippen LogP contribution is 2.20. The average molecular weight is 348 g/mol. The molecule has 2 aromatic carbocycles. The Kier molecular flexibility index (Phi) is 4.82. The van der Waals surface area contributed by atoms with Crippen LogP contribution in [0.2, 0.25) is 0 Å². The third-order valence-corrected chi connectivity index (χ3v) is 4.49. The summed E-state index contributed by atoms with van der Waals surface area (Å²) in [6.07, 6.45) is 0. The number of rotatable bonds is 5. The van der Waals surface area contributed by atoms with Crippen LogP contribution >= 0.6 is 11.3 Å². The third-order valence-electron chi connectivity index (χ3n) is 3.46. The zero-order chi connectivity index (χ0) is 17.1. The molecule has 0 fully saturated rings. The Morgan fingerprint density at radius 2 is 2.00 bits per heavy atom. The number of thiazole rings is 1. The number of anilines is 1. The highest BCUT2D eigenvalue weighted by atomic mass is 32.1. The SMILES string of the molecule is C[NH+](CC(=O)Nc1ccc(F)c(F)c1)Cc1nc2ccccc2s1. The second kappa shape index (κ2) is 7.02. The molecule has 1 unspecified atom stereocenters. The number of fused-ring (bicyclic) bond motifs is 1. The van der Waals surface area contributed by atoms with Crippen LogP contribution in [-0.4, -0.2) is 24.5 Å². The van der Waals surface area contributed by atoms with Gasteiger partial charge in [0.05, 0.1) is 17.3 Å². The van der Waals surface area contributed by atoms with E-state index in [1.807, 2.05) is 31.3 Å². The first-order chi connectivity index (χ1) is 11.5. The molecule has 1 atom stereocenters. The number of benzene rings is 2. The molecule has 1 aromatic heterocycles. The Labute approximate surface area is 141 Å². The summed E-state index contributed by atoms with van der Waals surface area (Å²) in [4.78, 5) is 17.5. The van der Waals surface area contributed by atoms with Gasteiger partial charge in [0, 0.05) is 11.8 Å². The van der Waals surface area contributed by atoms with Crippen LogP contribution in [0.25, 0.3) is 10.2 Å². The standard InChI is InChI=1S/C17H15F2N3OS/c1-22(10-17-21-14-4-2-3-5-15(14)24-17)9-16(23)20-11-6-7-12(18)13(19)8-11/h2-8H,9-10H2,1H3,(H,20,23)/p+1. The molecule has 124 valence electrons. The van der Waals surface area contributed by atoms with Crippen molar-refractivity contribution in [2.24, 2.45) is 0 Å². The molecule has 0 bridgehead atoms. The van der Waals surface area contributed by atoms with Crippen LogP contribution in [0, 0.1) is 11.6 Å². The molecule has 3 aromatic rings. The van der Waals surface area contributed by atoms with Gasteiger partial charge in [0.1, 0.15) is 11.6 Å². The van der Waals surface area contributed by atoms with Crippen molar-refractivity contribution in [2.45, 2.75) is 6.54 Å². The zero-order valence-electron chi connectivity index (χ0n) is 13.0. The second-order valence-electron chi connectivity index (χ2n) is 5.56. The van der Waals surface area contributed by atoms with Crippen LogP contribution in [0.15, 0.2) is 42.5 Å². The first-order valence-corrected chi connectivity index (χ1v) is 8.23. The normalized spacial score (nSPS) is 12.3. The number of likely N-dealkylation sites (N-methyl/N-ethyl adjacent to an activating group) is 1. The van der Waals surface area contributed by atoms with E-state index in [0.29, 0.717) is 6.54 Å². The summed E-state index contributed by atoms with van der Waals surface area (Å²) in [6.45, 7) is 0.819. The van der Waals surface area contributed by atoms with Crippen LogP contribution < -0.4 is 10.2 Å². The van der Waals surface area contributed by atoms with Crippen molar-refractivity contribution in [2.75, 3.05) is 18.9 Å². The number of nitrogens with zero attached hydrogens (tertiary/aromatic N) is 1. The van der Waals surface area contributed by atoms with Gasteiger partial charge < -0.3 is 10.2 Å². The number of carbonyl (C=O) groups is 1. The monoisotopic (exact) mass is 348 g/mol. The van der Waals surface area contributed by atoms with Crippen molar-refractivity contribution >= 4 is 33.1 Å². The topological polar surface area (TPSA) is 46.4 Å². The molecule has 0 aliphatic rings. The van der Waals surface area contributed by atoms with Gasteiger partial charge in [0.25, 0.3) is 5.91 Å². The van der Waals surface area contributed by atoms with E-state index in [-0.39, 0.29) is 18.1 Å². The van der Waals surface area contributed by atoms with Crippen molar-refractivity contribution in [3.63, 3.8) is 0 Å². The lowest BCUT2D eigenvalue weighted by Gasteiger charge is -2.12. The van der Waals surface area contributed by atoms with Gasteiger partial charge in [0.15, 0.2) is 18.2 Å². The molecule has 0 aliphatic heterocycles. The van der Waals surface area contributed by atoms with E-state index in [1.54, 1.807) is 11.3 Å². The smallest absolute Gasteiger partial charge is 0.279 e. The van der Waals surface area contributed by atoms with E-state index in [2.05, 4.69) is 10.3 Å². The van der Waals surface area contributed by atoms with E-state index < -0.39 is 11.6 Å². The number of hydrogen-bond donors (Lipinski definition) is 2. The summed E-state index contributed by atoms with van der Waals surface area (Å²) in [6, 6.07) is 11.2. The fourth-order valence-electron chi connectivity index (χ4n) is 2.37. The Balaban J connectivity index is 1.58. The fraction of sp³-hybridized carbons (Fsp3) is 0.176. The minimum Gasteiger partial charge on any atom is -0.324 e. The number of para-hydroxylation sites is 1. The quantitative estimate of drug-likeness (QED) is 0.743. The molecule has 0 radical (unpaired) electrons. The fourth-order valence-corrected chi connectivity index (χ4v) is 3.45. The van der Waals surface area contributed by atoms with Crippen molar-refractivity contribution < 1.29 is 18.5 Å². The predicted octanol–water partition coefficient (Wildman–Crippen LogP) is 2.23. The zero-order valence-corrected chi connectivity index (χ0v) is 13.8. The molecular formula is C17H16F2N3OS+. The van der Waals surface area contributed by atoms with Gasteiger partial charge in [-0.05, 0) is 24.3 Å². The van der Waals surface area contributed by atoms with Crippen LogP contribution in [0.1, 0.15) is 5.01 Å². The first kappa shape index (κ1) is 16.5. The number of amides is 1. The van der Waals surface area contributed by atoms with Gasteiger partial charge in [-0.1, -0.05) is 12.1 Å². The van der Waals surface area contributed by atoms with Gasteiger partial charge >= 0.3 is 0 Å². The second-order valence-corrected chi connectivity index (χ2v) is 6.68. The number of quaternary nitrogens is 1. The third kappa shape index (κ3) is 3.93. The minimum absolute atomic E-state index is 0.203. The van der Waals surface area contributed by atoms with Gasteiger partial charge in [0.2, 0.25) is 0 Å².